The van der Waals surface area contributed by atoms with E-state index < -0.39 is 0 Å². The molecule has 0 bridgehead atoms. The number of ketones is 1. The molecule has 146 valence electrons. The Labute approximate surface area is 160 Å². The molecule has 0 saturated carbocycles. The van der Waals surface area contributed by atoms with E-state index in [1.54, 1.807) is 6.07 Å². The van der Waals surface area contributed by atoms with Crippen LogP contribution in [-0.4, -0.2) is 47.8 Å². The highest BCUT2D eigenvalue weighted by Gasteiger charge is 2.28. The molecular weight excluding hydrogens is 342 g/mol. The SMILES string of the molecule is CC(=O)c1oc2ccccc2c1NC(=O)C(C)N1CCC(NC(C)C)CC1. The molecular formula is C21H29N3O3. The van der Waals surface area contributed by atoms with Crippen molar-refractivity contribution in [2.24, 2.45) is 0 Å². The molecule has 1 atom stereocenters. The molecule has 2 N–H and O–H groups in total. The zero-order chi connectivity index (χ0) is 19.6. The lowest BCUT2D eigenvalue weighted by Gasteiger charge is -2.36. The summed E-state index contributed by atoms with van der Waals surface area (Å²) >= 11 is 0. The monoisotopic (exact) mass is 371 g/mol. The second-order valence-electron chi connectivity index (χ2n) is 7.66. The first-order chi connectivity index (χ1) is 12.9. The van der Waals surface area contributed by atoms with Crippen LogP contribution in [0, 0.1) is 0 Å². The number of anilines is 1. The topological polar surface area (TPSA) is 74.6 Å². The number of furan rings is 1. The summed E-state index contributed by atoms with van der Waals surface area (Å²) in [6, 6.07) is 8.09. The lowest BCUT2D eigenvalue weighted by molar-refractivity contribution is -0.121. The molecule has 1 unspecified atom stereocenters. The minimum Gasteiger partial charge on any atom is -0.451 e. The van der Waals surface area contributed by atoms with Gasteiger partial charge >= 0.3 is 0 Å². The lowest BCUT2D eigenvalue weighted by atomic mass is 10.0. The number of likely N-dealkylation sites (tertiary alicyclic amines) is 1. The molecule has 1 amide bonds. The summed E-state index contributed by atoms with van der Waals surface area (Å²) in [6.45, 7) is 9.44. The number of nitrogens with zero attached hydrogens (tertiary/aromatic N) is 1. The van der Waals surface area contributed by atoms with Gasteiger partial charge in [-0.2, -0.15) is 0 Å². The number of benzene rings is 1. The Balaban J connectivity index is 1.70. The Hall–Kier alpha value is -2.18. The molecule has 1 aromatic heterocycles. The van der Waals surface area contributed by atoms with Crippen molar-refractivity contribution in [3.05, 3.63) is 30.0 Å². The average molecular weight is 371 g/mol. The molecule has 0 radical (unpaired) electrons. The molecule has 6 heteroatoms. The fourth-order valence-corrected chi connectivity index (χ4v) is 3.74. The van der Waals surface area contributed by atoms with E-state index in [1.165, 1.54) is 6.92 Å². The largest absolute Gasteiger partial charge is 0.451 e. The van der Waals surface area contributed by atoms with Gasteiger partial charge in [-0.1, -0.05) is 26.0 Å². The number of fused-ring (bicyclic) bond motifs is 1. The van der Waals surface area contributed by atoms with Gasteiger partial charge < -0.3 is 15.1 Å². The molecule has 0 spiro atoms. The highest BCUT2D eigenvalue weighted by Crippen LogP contribution is 2.31. The molecule has 1 saturated heterocycles. The minimum absolute atomic E-state index is 0.112. The number of hydrogen-bond acceptors (Lipinski definition) is 5. The van der Waals surface area contributed by atoms with Crippen molar-refractivity contribution >= 4 is 28.3 Å². The maximum atomic E-state index is 12.9. The number of carbonyl (C=O) groups is 2. The van der Waals surface area contributed by atoms with Crippen molar-refractivity contribution in [3.63, 3.8) is 0 Å². The molecule has 0 aliphatic carbocycles. The smallest absolute Gasteiger partial charge is 0.241 e. The number of hydrogen-bond donors (Lipinski definition) is 2. The third-order valence-corrected chi connectivity index (χ3v) is 5.19. The molecule has 1 aliphatic heterocycles. The standard InChI is InChI=1S/C21H29N3O3/c1-13(2)22-16-9-11-24(12-10-16)14(3)21(26)23-19-17-7-5-6-8-18(17)27-20(19)15(4)25/h5-8,13-14,16,22H,9-12H2,1-4H3,(H,23,26). The molecule has 1 fully saturated rings. The number of Topliss-reactive ketones (excluding diaryl/α,β-unsaturated/α-hetero) is 1. The van der Waals surface area contributed by atoms with Crippen LogP contribution >= 0.6 is 0 Å². The van der Waals surface area contributed by atoms with E-state index in [9.17, 15) is 9.59 Å². The summed E-state index contributed by atoms with van der Waals surface area (Å²) < 4.78 is 5.65. The van der Waals surface area contributed by atoms with Crippen LogP contribution in [0.25, 0.3) is 11.0 Å². The van der Waals surface area contributed by atoms with Gasteiger partial charge in [-0.15, -0.1) is 0 Å². The van der Waals surface area contributed by atoms with Gasteiger partial charge in [0.1, 0.15) is 5.58 Å². The van der Waals surface area contributed by atoms with Crippen LogP contribution in [0.15, 0.2) is 28.7 Å². The van der Waals surface area contributed by atoms with Crippen molar-refractivity contribution in [1.29, 1.82) is 0 Å². The van der Waals surface area contributed by atoms with Crippen molar-refractivity contribution in [2.45, 2.75) is 58.7 Å². The Morgan fingerprint density at radius 2 is 1.81 bits per heavy atom. The van der Waals surface area contributed by atoms with Gasteiger partial charge in [0.15, 0.2) is 11.5 Å². The number of para-hydroxylation sites is 1. The third kappa shape index (κ3) is 4.39. The number of carbonyl (C=O) groups excluding carboxylic acids is 2. The predicted octanol–water partition coefficient (Wildman–Crippen LogP) is 3.42. The fraction of sp³-hybridized carbons (Fsp3) is 0.524. The summed E-state index contributed by atoms with van der Waals surface area (Å²) in [5.41, 5.74) is 1.08. The van der Waals surface area contributed by atoms with Crippen LogP contribution in [0.1, 0.15) is 51.1 Å². The highest BCUT2D eigenvalue weighted by molar-refractivity contribution is 6.11. The summed E-state index contributed by atoms with van der Waals surface area (Å²) in [6.07, 6.45) is 2.06. The number of rotatable bonds is 6. The summed E-state index contributed by atoms with van der Waals surface area (Å²) in [5, 5.41) is 7.27. The zero-order valence-electron chi connectivity index (χ0n) is 16.5. The van der Waals surface area contributed by atoms with Crippen LogP contribution in [0.4, 0.5) is 5.69 Å². The second kappa shape index (κ2) is 8.23. The highest BCUT2D eigenvalue weighted by atomic mass is 16.3. The number of amides is 1. The van der Waals surface area contributed by atoms with Crippen molar-refractivity contribution in [3.8, 4) is 0 Å². The van der Waals surface area contributed by atoms with Crippen LogP contribution in [0.5, 0.6) is 0 Å². The molecule has 6 nitrogen and oxygen atoms in total. The van der Waals surface area contributed by atoms with Gasteiger partial charge in [0.25, 0.3) is 0 Å². The van der Waals surface area contributed by atoms with Gasteiger partial charge in [0.05, 0.1) is 11.7 Å². The van der Waals surface area contributed by atoms with Gasteiger partial charge in [-0.05, 0) is 31.9 Å². The molecule has 2 heterocycles. The van der Waals surface area contributed by atoms with E-state index in [1.807, 2.05) is 25.1 Å². The molecule has 1 aromatic carbocycles. The van der Waals surface area contributed by atoms with E-state index in [-0.39, 0.29) is 23.5 Å². The van der Waals surface area contributed by atoms with Crippen LogP contribution in [0.3, 0.4) is 0 Å². The van der Waals surface area contributed by atoms with Crippen LogP contribution < -0.4 is 10.6 Å². The van der Waals surface area contributed by atoms with E-state index >= 15 is 0 Å². The summed E-state index contributed by atoms with van der Waals surface area (Å²) in [7, 11) is 0. The van der Waals surface area contributed by atoms with E-state index in [2.05, 4.69) is 29.4 Å². The van der Waals surface area contributed by atoms with E-state index in [4.69, 9.17) is 4.42 Å². The van der Waals surface area contributed by atoms with Crippen LogP contribution in [0.2, 0.25) is 0 Å². The maximum Gasteiger partial charge on any atom is 0.241 e. The maximum absolute atomic E-state index is 12.9. The normalized spacial score (nSPS) is 17.4. The van der Waals surface area contributed by atoms with Gasteiger partial charge in [-0.25, -0.2) is 0 Å². The first-order valence-electron chi connectivity index (χ1n) is 9.70. The third-order valence-electron chi connectivity index (χ3n) is 5.19. The van der Waals surface area contributed by atoms with Crippen LogP contribution in [-0.2, 0) is 4.79 Å². The number of nitrogens with one attached hydrogen (secondary N) is 2. The van der Waals surface area contributed by atoms with Gasteiger partial charge in [-0.3, -0.25) is 14.5 Å². The predicted molar refractivity (Wildman–Crippen MR) is 107 cm³/mol. The summed E-state index contributed by atoms with van der Waals surface area (Å²) in [4.78, 5) is 27.0. The Bertz CT molecular complexity index is 819. The minimum atomic E-state index is -0.265. The quantitative estimate of drug-likeness (QED) is 0.761. The fourth-order valence-electron chi connectivity index (χ4n) is 3.74. The van der Waals surface area contributed by atoms with Crippen molar-refractivity contribution < 1.29 is 14.0 Å². The van der Waals surface area contributed by atoms with E-state index in [0.717, 1.165) is 31.3 Å². The first kappa shape index (κ1) is 19.6. The molecule has 3 rings (SSSR count). The van der Waals surface area contributed by atoms with Crippen molar-refractivity contribution in [2.75, 3.05) is 18.4 Å². The van der Waals surface area contributed by atoms with Crippen molar-refractivity contribution in [1.82, 2.24) is 10.2 Å². The zero-order valence-corrected chi connectivity index (χ0v) is 16.5. The Morgan fingerprint density at radius 1 is 1.15 bits per heavy atom. The van der Waals surface area contributed by atoms with E-state index in [0.29, 0.717) is 23.4 Å². The Kier molecular flexibility index (Phi) is 5.97. The summed E-state index contributed by atoms with van der Waals surface area (Å²) in [5.74, 6) is -0.106. The molecule has 27 heavy (non-hydrogen) atoms. The molecule has 2 aromatic rings. The first-order valence-corrected chi connectivity index (χ1v) is 9.70. The van der Waals surface area contributed by atoms with Gasteiger partial charge in [0.2, 0.25) is 5.91 Å². The molecule has 1 aliphatic rings. The Morgan fingerprint density at radius 3 is 2.44 bits per heavy atom. The number of piperidine rings is 1. The van der Waals surface area contributed by atoms with Gasteiger partial charge in [0, 0.05) is 37.5 Å². The average Bonchev–Trinajstić information content (AvgIpc) is 3.00. The lowest BCUT2D eigenvalue weighted by Crippen LogP contribution is -2.50. The second-order valence-corrected chi connectivity index (χ2v) is 7.66.